The molecule has 1 N–H and O–H groups in total. The first kappa shape index (κ1) is 10.5. The SMILES string of the molecule is CCCN1CCC(C(=O)NC)CC1. The molecule has 13 heavy (non-hydrogen) atoms. The van der Waals surface area contributed by atoms with Crippen molar-refractivity contribution in [2.24, 2.45) is 5.92 Å². The van der Waals surface area contributed by atoms with Crippen molar-refractivity contribution >= 4 is 5.91 Å². The maximum atomic E-state index is 11.3. The van der Waals surface area contributed by atoms with E-state index in [9.17, 15) is 4.79 Å². The molecule has 0 aromatic rings. The van der Waals surface area contributed by atoms with Gasteiger partial charge in [-0.25, -0.2) is 0 Å². The Morgan fingerprint density at radius 3 is 2.54 bits per heavy atom. The first-order chi connectivity index (χ1) is 6.27. The van der Waals surface area contributed by atoms with Crippen molar-refractivity contribution in [3.8, 4) is 0 Å². The third-order valence-corrected chi connectivity index (χ3v) is 2.74. The molecule has 0 atom stereocenters. The van der Waals surface area contributed by atoms with Gasteiger partial charge in [0.15, 0.2) is 0 Å². The summed E-state index contributed by atoms with van der Waals surface area (Å²) < 4.78 is 0. The fourth-order valence-corrected chi connectivity index (χ4v) is 1.94. The third-order valence-electron chi connectivity index (χ3n) is 2.74. The smallest absolute Gasteiger partial charge is 0.222 e. The molecule has 1 aliphatic heterocycles. The van der Waals surface area contributed by atoms with E-state index >= 15 is 0 Å². The van der Waals surface area contributed by atoms with E-state index in [0.717, 1.165) is 25.9 Å². The van der Waals surface area contributed by atoms with E-state index in [1.165, 1.54) is 13.0 Å². The van der Waals surface area contributed by atoms with Gasteiger partial charge in [-0.1, -0.05) is 6.92 Å². The largest absolute Gasteiger partial charge is 0.359 e. The lowest BCUT2D eigenvalue weighted by Gasteiger charge is -2.30. The quantitative estimate of drug-likeness (QED) is 0.705. The van der Waals surface area contributed by atoms with Crippen LogP contribution in [0.5, 0.6) is 0 Å². The molecule has 0 saturated carbocycles. The second kappa shape index (κ2) is 5.22. The van der Waals surface area contributed by atoms with Crippen LogP contribution >= 0.6 is 0 Å². The van der Waals surface area contributed by atoms with Crippen LogP contribution in [-0.2, 0) is 4.79 Å². The van der Waals surface area contributed by atoms with Gasteiger partial charge in [-0.2, -0.15) is 0 Å². The molecule has 1 saturated heterocycles. The maximum absolute atomic E-state index is 11.3. The van der Waals surface area contributed by atoms with Crippen LogP contribution in [0.25, 0.3) is 0 Å². The van der Waals surface area contributed by atoms with Crippen LogP contribution in [-0.4, -0.2) is 37.5 Å². The molecule has 1 aliphatic rings. The Morgan fingerprint density at radius 1 is 1.46 bits per heavy atom. The van der Waals surface area contributed by atoms with Crippen molar-refractivity contribution in [1.82, 2.24) is 10.2 Å². The van der Waals surface area contributed by atoms with Crippen LogP contribution in [0, 0.1) is 5.92 Å². The highest BCUT2D eigenvalue weighted by Gasteiger charge is 2.23. The lowest BCUT2D eigenvalue weighted by atomic mass is 9.96. The van der Waals surface area contributed by atoms with Gasteiger partial charge in [-0.3, -0.25) is 4.79 Å². The summed E-state index contributed by atoms with van der Waals surface area (Å²) in [6, 6.07) is 0. The summed E-state index contributed by atoms with van der Waals surface area (Å²) in [6.45, 7) is 5.56. The van der Waals surface area contributed by atoms with Gasteiger partial charge in [0.2, 0.25) is 5.91 Å². The van der Waals surface area contributed by atoms with Crippen molar-refractivity contribution in [2.45, 2.75) is 26.2 Å². The van der Waals surface area contributed by atoms with E-state index in [4.69, 9.17) is 0 Å². The van der Waals surface area contributed by atoms with E-state index in [2.05, 4.69) is 17.1 Å². The molecule has 3 nitrogen and oxygen atoms in total. The normalized spacial score (nSPS) is 20.2. The van der Waals surface area contributed by atoms with E-state index in [1.807, 2.05) is 0 Å². The Balaban J connectivity index is 2.26. The predicted octanol–water partition coefficient (Wildman–Crippen LogP) is 0.854. The van der Waals surface area contributed by atoms with Gasteiger partial charge in [0.1, 0.15) is 0 Å². The predicted molar refractivity (Wildman–Crippen MR) is 53.5 cm³/mol. The van der Waals surface area contributed by atoms with E-state index in [-0.39, 0.29) is 11.8 Å². The zero-order chi connectivity index (χ0) is 9.68. The highest BCUT2D eigenvalue weighted by Crippen LogP contribution is 2.16. The Bertz CT molecular complexity index is 162. The number of hydrogen-bond donors (Lipinski definition) is 1. The summed E-state index contributed by atoms with van der Waals surface area (Å²) in [4.78, 5) is 13.7. The number of piperidine rings is 1. The number of rotatable bonds is 3. The number of nitrogens with one attached hydrogen (secondary N) is 1. The molecule has 3 heteroatoms. The highest BCUT2D eigenvalue weighted by molar-refractivity contribution is 5.78. The van der Waals surface area contributed by atoms with E-state index in [1.54, 1.807) is 7.05 Å². The average Bonchev–Trinajstić information content (AvgIpc) is 2.18. The van der Waals surface area contributed by atoms with Crippen LogP contribution in [0.4, 0.5) is 0 Å². The molecule has 0 bridgehead atoms. The summed E-state index contributed by atoms with van der Waals surface area (Å²) in [5.41, 5.74) is 0. The van der Waals surface area contributed by atoms with Gasteiger partial charge in [0, 0.05) is 13.0 Å². The summed E-state index contributed by atoms with van der Waals surface area (Å²) in [7, 11) is 1.72. The Labute approximate surface area is 80.5 Å². The van der Waals surface area contributed by atoms with Gasteiger partial charge in [-0.05, 0) is 38.9 Å². The topological polar surface area (TPSA) is 32.3 Å². The summed E-state index contributed by atoms with van der Waals surface area (Å²) in [5.74, 6) is 0.481. The molecule has 0 unspecified atom stereocenters. The summed E-state index contributed by atoms with van der Waals surface area (Å²) in [5, 5.41) is 2.72. The highest BCUT2D eigenvalue weighted by atomic mass is 16.1. The van der Waals surface area contributed by atoms with Gasteiger partial charge in [-0.15, -0.1) is 0 Å². The molecule has 1 amide bonds. The van der Waals surface area contributed by atoms with Gasteiger partial charge >= 0.3 is 0 Å². The van der Waals surface area contributed by atoms with Crippen LogP contribution in [0.15, 0.2) is 0 Å². The molecule has 76 valence electrons. The molecule has 0 aromatic carbocycles. The number of hydrogen-bond acceptors (Lipinski definition) is 2. The van der Waals surface area contributed by atoms with Gasteiger partial charge < -0.3 is 10.2 Å². The number of carbonyl (C=O) groups is 1. The average molecular weight is 184 g/mol. The molecular weight excluding hydrogens is 164 g/mol. The van der Waals surface area contributed by atoms with Crippen molar-refractivity contribution in [2.75, 3.05) is 26.7 Å². The lowest BCUT2D eigenvalue weighted by molar-refractivity contribution is -0.125. The minimum Gasteiger partial charge on any atom is -0.359 e. The fourth-order valence-electron chi connectivity index (χ4n) is 1.94. The second-order valence-corrected chi connectivity index (χ2v) is 3.73. The van der Waals surface area contributed by atoms with Gasteiger partial charge in [0.05, 0.1) is 0 Å². The van der Waals surface area contributed by atoms with Crippen LogP contribution in [0.3, 0.4) is 0 Å². The number of nitrogens with zero attached hydrogens (tertiary/aromatic N) is 1. The van der Waals surface area contributed by atoms with Crippen molar-refractivity contribution in [3.63, 3.8) is 0 Å². The minimum atomic E-state index is 0.219. The lowest BCUT2D eigenvalue weighted by Crippen LogP contribution is -2.39. The molecular formula is C10H20N2O. The monoisotopic (exact) mass is 184 g/mol. The van der Waals surface area contributed by atoms with Crippen LogP contribution in [0.1, 0.15) is 26.2 Å². The van der Waals surface area contributed by atoms with Crippen molar-refractivity contribution in [3.05, 3.63) is 0 Å². The first-order valence-corrected chi connectivity index (χ1v) is 5.22. The number of carbonyl (C=O) groups excluding carboxylic acids is 1. The van der Waals surface area contributed by atoms with Crippen LogP contribution in [0.2, 0.25) is 0 Å². The van der Waals surface area contributed by atoms with Crippen molar-refractivity contribution in [1.29, 1.82) is 0 Å². The number of amides is 1. The molecule has 0 aliphatic carbocycles. The fraction of sp³-hybridized carbons (Fsp3) is 0.900. The standard InChI is InChI=1S/C10H20N2O/c1-3-6-12-7-4-9(5-8-12)10(13)11-2/h9H,3-8H2,1-2H3,(H,11,13). The second-order valence-electron chi connectivity index (χ2n) is 3.73. The molecule has 1 rings (SSSR count). The number of likely N-dealkylation sites (tertiary alicyclic amines) is 1. The Hall–Kier alpha value is -0.570. The zero-order valence-corrected chi connectivity index (χ0v) is 8.68. The summed E-state index contributed by atoms with van der Waals surface area (Å²) in [6.07, 6.45) is 3.27. The van der Waals surface area contributed by atoms with E-state index in [0.29, 0.717) is 0 Å². The van der Waals surface area contributed by atoms with Crippen LogP contribution < -0.4 is 5.32 Å². The summed E-state index contributed by atoms with van der Waals surface area (Å²) >= 11 is 0. The Morgan fingerprint density at radius 2 is 2.08 bits per heavy atom. The van der Waals surface area contributed by atoms with Gasteiger partial charge in [0.25, 0.3) is 0 Å². The van der Waals surface area contributed by atoms with E-state index < -0.39 is 0 Å². The maximum Gasteiger partial charge on any atom is 0.222 e. The zero-order valence-electron chi connectivity index (χ0n) is 8.68. The van der Waals surface area contributed by atoms with Crippen molar-refractivity contribution < 1.29 is 4.79 Å². The first-order valence-electron chi connectivity index (χ1n) is 5.22. The minimum absolute atomic E-state index is 0.219. The molecule has 0 radical (unpaired) electrons. The molecule has 0 aromatic heterocycles. The Kier molecular flexibility index (Phi) is 4.22. The molecule has 0 spiro atoms. The third kappa shape index (κ3) is 2.99. The molecule has 1 fully saturated rings. The molecule has 1 heterocycles.